The standard InChI is InChI=1S/C6H11NO3.H3N/c1-3-5(6(9)10)7-4(2)8;/h5H,3H2,1-2H3,(H,7,8)(H,9,10);1H3/p+1. The summed E-state index contributed by atoms with van der Waals surface area (Å²) in [6.07, 6.45) is 0.412. The first-order valence-electron chi connectivity index (χ1n) is 3.07. The van der Waals surface area contributed by atoms with Crippen LogP contribution in [0.15, 0.2) is 0 Å². The topological polar surface area (TPSA) is 103 Å². The number of hydrogen-bond donors (Lipinski definition) is 3. The zero-order chi connectivity index (χ0) is 8.15. The van der Waals surface area contributed by atoms with Gasteiger partial charge in [-0.05, 0) is 6.42 Å². The van der Waals surface area contributed by atoms with E-state index >= 15 is 0 Å². The molecule has 0 fully saturated rings. The Morgan fingerprint density at radius 2 is 2.00 bits per heavy atom. The molecule has 0 aromatic carbocycles. The van der Waals surface area contributed by atoms with E-state index < -0.39 is 12.0 Å². The van der Waals surface area contributed by atoms with Gasteiger partial charge in [0.05, 0.1) is 0 Å². The van der Waals surface area contributed by atoms with Crippen molar-refractivity contribution in [2.45, 2.75) is 26.3 Å². The number of hydrogen-bond acceptors (Lipinski definition) is 2. The van der Waals surface area contributed by atoms with E-state index in [0.29, 0.717) is 6.42 Å². The van der Waals surface area contributed by atoms with Crippen LogP contribution in [0.1, 0.15) is 20.3 Å². The summed E-state index contributed by atoms with van der Waals surface area (Å²) in [7, 11) is 0. The third kappa shape index (κ3) is 5.35. The second-order valence-corrected chi connectivity index (χ2v) is 2.00. The van der Waals surface area contributed by atoms with Gasteiger partial charge in [0.15, 0.2) is 0 Å². The van der Waals surface area contributed by atoms with Gasteiger partial charge >= 0.3 is 5.97 Å². The highest BCUT2D eigenvalue weighted by Gasteiger charge is 2.14. The molecule has 66 valence electrons. The van der Waals surface area contributed by atoms with Crippen LogP contribution < -0.4 is 11.5 Å². The van der Waals surface area contributed by atoms with E-state index in [-0.39, 0.29) is 12.1 Å². The van der Waals surface area contributed by atoms with Crippen LogP contribution in [0.2, 0.25) is 0 Å². The van der Waals surface area contributed by atoms with Crippen molar-refractivity contribution >= 4 is 11.9 Å². The molecule has 0 heterocycles. The van der Waals surface area contributed by atoms with Crippen molar-refractivity contribution in [3.63, 3.8) is 0 Å². The highest BCUT2D eigenvalue weighted by atomic mass is 16.4. The molecule has 0 spiro atoms. The van der Waals surface area contributed by atoms with Gasteiger partial charge in [0.25, 0.3) is 0 Å². The van der Waals surface area contributed by atoms with Crippen molar-refractivity contribution in [2.24, 2.45) is 0 Å². The molecular weight excluding hydrogens is 148 g/mol. The van der Waals surface area contributed by atoms with Gasteiger partial charge in [-0.15, -0.1) is 0 Å². The molecule has 0 saturated carbocycles. The van der Waals surface area contributed by atoms with Crippen LogP contribution in [0.5, 0.6) is 0 Å². The Labute approximate surface area is 65.4 Å². The Kier molecular flexibility index (Phi) is 6.47. The molecule has 0 bridgehead atoms. The first kappa shape index (κ1) is 12.6. The number of amides is 1. The smallest absolute Gasteiger partial charge is 0.326 e. The first-order valence-corrected chi connectivity index (χ1v) is 3.07. The van der Waals surface area contributed by atoms with Crippen molar-refractivity contribution in [3.05, 3.63) is 0 Å². The summed E-state index contributed by atoms with van der Waals surface area (Å²) >= 11 is 0. The molecule has 11 heavy (non-hydrogen) atoms. The average Bonchev–Trinajstić information content (AvgIpc) is 1.81. The van der Waals surface area contributed by atoms with Crippen molar-refractivity contribution in [3.8, 4) is 0 Å². The lowest BCUT2D eigenvalue weighted by molar-refractivity contribution is -0.141. The Morgan fingerprint density at radius 1 is 1.55 bits per heavy atom. The van der Waals surface area contributed by atoms with Crippen LogP contribution in [-0.4, -0.2) is 23.0 Å². The summed E-state index contributed by atoms with van der Waals surface area (Å²) in [6.45, 7) is 3.00. The molecule has 0 saturated heterocycles. The molecule has 0 aliphatic heterocycles. The first-order chi connectivity index (χ1) is 4.57. The third-order valence-electron chi connectivity index (χ3n) is 1.08. The minimum absolute atomic E-state index is 0. The summed E-state index contributed by atoms with van der Waals surface area (Å²) in [6, 6.07) is -0.738. The fourth-order valence-corrected chi connectivity index (χ4v) is 0.584. The normalized spacial score (nSPS) is 11.1. The Balaban J connectivity index is 0. The summed E-state index contributed by atoms with van der Waals surface area (Å²) in [5.74, 6) is -1.30. The van der Waals surface area contributed by atoms with Crippen LogP contribution in [0, 0.1) is 0 Å². The maximum absolute atomic E-state index is 10.3. The number of carboxylic acid groups (broad SMARTS) is 1. The maximum Gasteiger partial charge on any atom is 0.326 e. The third-order valence-corrected chi connectivity index (χ3v) is 1.08. The van der Waals surface area contributed by atoms with Gasteiger partial charge in [-0.2, -0.15) is 0 Å². The van der Waals surface area contributed by atoms with Gasteiger partial charge < -0.3 is 16.6 Å². The van der Waals surface area contributed by atoms with Gasteiger partial charge in [-0.1, -0.05) is 6.92 Å². The lowest BCUT2D eigenvalue weighted by Crippen LogP contribution is -2.38. The van der Waals surface area contributed by atoms with Gasteiger partial charge in [0.2, 0.25) is 5.91 Å². The van der Waals surface area contributed by atoms with E-state index in [0.717, 1.165) is 0 Å². The molecule has 5 nitrogen and oxygen atoms in total. The molecule has 0 aromatic heterocycles. The fourth-order valence-electron chi connectivity index (χ4n) is 0.584. The summed E-state index contributed by atoms with van der Waals surface area (Å²) in [5.41, 5.74) is 0. The maximum atomic E-state index is 10.3. The Hall–Kier alpha value is -1.10. The Bertz CT molecular complexity index is 147. The molecule has 0 aromatic rings. The Morgan fingerprint density at radius 3 is 2.09 bits per heavy atom. The second-order valence-electron chi connectivity index (χ2n) is 2.00. The largest absolute Gasteiger partial charge is 0.480 e. The molecule has 0 radical (unpaired) electrons. The minimum Gasteiger partial charge on any atom is -0.480 e. The predicted molar refractivity (Wildman–Crippen MR) is 41.5 cm³/mol. The number of aliphatic carboxylic acids is 1. The molecule has 0 rings (SSSR count). The zero-order valence-electron chi connectivity index (χ0n) is 7.05. The van der Waals surface area contributed by atoms with E-state index in [1.165, 1.54) is 6.92 Å². The number of nitrogens with one attached hydrogen (secondary N) is 1. The minimum atomic E-state index is -0.988. The number of carbonyl (C=O) groups is 2. The molecule has 5 heteroatoms. The molecule has 6 N–H and O–H groups in total. The van der Waals surface area contributed by atoms with Crippen molar-refractivity contribution in [1.82, 2.24) is 11.5 Å². The second kappa shape index (κ2) is 5.67. The van der Waals surface area contributed by atoms with Gasteiger partial charge in [0.1, 0.15) is 6.04 Å². The molecule has 1 atom stereocenters. The van der Waals surface area contributed by atoms with E-state index in [4.69, 9.17) is 5.11 Å². The van der Waals surface area contributed by atoms with Crippen LogP contribution in [0.4, 0.5) is 0 Å². The summed E-state index contributed by atoms with van der Waals surface area (Å²) in [4.78, 5) is 20.6. The molecular formula is C6H15N2O3+. The van der Waals surface area contributed by atoms with Crippen molar-refractivity contribution in [1.29, 1.82) is 0 Å². The van der Waals surface area contributed by atoms with Crippen LogP contribution in [0.3, 0.4) is 0 Å². The molecule has 1 amide bonds. The van der Waals surface area contributed by atoms with Crippen molar-refractivity contribution < 1.29 is 14.7 Å². The molecule has 0 aliphatic carbocycles. The average molecular weight is 163 g/mol. The highest BCUT2D eigenvalue weighted by Crippen LogP contribution is 1.89. The zero-order valence-corrected chi connectivity index (χ0v) is 7.05. The lowest BCUT2D eigenvalue weighted by atomic mass is 10.2. The molecule has 0 aliphatic rings. The highest BCUT2D eigenvalue weighted by molar-refractivity contribution is 5.81. The summed E-state index contributed by atoms with van der Waals surface area (Å²) in [5, 5.41) is 10.7. The number of carboxylic acids is 1. The van der Waals surface area contributed by atoms with Gasteiger partial charge in [0, 0.05) is 6.92 Å². The SMILES string of the molecule is CCC(NC(C)=O)C(=O)O.[NH4+]. The van der Waals surface area contributed by atoms with Crippen LogP contribution in [-0.2, 0) is 9.59 Å². The number of quaternary nitrogens is 1. The van der Waals surface area contributed by atoms with Crippen LogP contribution >= 0.6 is 0 Å². The number of rotatable bonds is 3. The monoisotopic (exact) mass is 163 g/mol. The van der Waals surface area contributed by atoms with Gasteiger partial charge in [-0.25, -0.2) is 4.79 Å². The quantitative estimate of drug-likeness (QED) is 0.559. The molecule has 1 unspecified atom stereocenters. The van der Waals surface area contributed by atoms with E-state index in [1.54, 1.807) is 6.92 Å². The van der Waals surface area contributed by atoms with E-state index in [1.807, 2.05) is 0 Å². The number of carbonyl (C=O) groups excluding carboxylic acids is 1. The summed E-state index contributed by atoms with van der Waals surface area (Å²) < 4.78 is 0. The fraction of sp³-hybridized carbons (Fsp3) is 0.667. The van der Waals surface area contributed by atoms with E-state index in [2.05, 4.69) is 5.32 Å². The van der Waals surface area contributed by atoms with Crippen molar-refractivity contribution in [2.75, 3.05) is 0 Å². The van der Waals surface area contributed by atoms with Gasteiger partial charge in [-0.3, -0.25) is 4.79 Å². The predicted octanol–water partition coefficient (Wildman–Crippen LogP) is 0.362. The lowest BCUT2D eigenvalue weighted by Gasteiger charge is -2.08. The van der Waals surface area contributed by atoms with Crippen LogP contribution in [0.25, 0.3) is 0 Å². The van der Waals surface area contributed by atoms with E-state index in [9.17, 15) is 9.59 Å².